The van der Waals surface area contributed by atoms with E-state index in [-0.39, 0.29) is 11.5 Å². The largest absolute Gasteiger partial charge is 0.478 e. The van der Waals surface area contributed by atoms with Gasteiger partial charge in [0.05, 0.1) is 12.1 Å². The maximum atomic E-state index is 11.5. The molecule has 1 fully saturated rings. The van der Waals surface area contributed by atoms with E-state index in [1.807, 2.05) is 0 Å². The van der Waals surface area contributed by atoms with Crippen molar-refractivity contribution in [2.24, 2.45) is 5.92 Å². The molecule has 0 aromatic heterocycles. The molecule has 1 aliphatic rings. The number of carboxylic acids is 1. The Morgan fingerprint density at radius 1 is 1.21 bits per heavy atom. The summed E-state index contributed by atoms with van der Waals surface area (Å²) in [7, 11) is 0. The first-order chi connectivity index (χ1) is 9.15. The number of amides is 1. The molecule has 1 amide bonds. The fourth-order valence-corrected chi connectivity index (χ4v) is 1.74. The molecule has 5 nitrogen and oxygen atoms in total. The van der Waals surface area contributed by atoms with Crippen LogP contribution < -0.4 is 10.6 Å². The van der Waals surface area contributed by atoms with Crippen molar-refractivity contribution in [3.05, 3.63) is 35.4 Å². The highest BCUT2D eigenvalue weighted by atomic mass is 16.4. The van der Waals surface area contributed by atoms with Crippen LogP contribution in [0.25, 0.3) is 0 Å². The van der Waals surface area contributed by atoms with Crippen LogP contribution >= 0.6 is 0 Å². The van der Waals surface area contributed by atoms with Crippen molar-refractivity contribution in [3.63, 3.8) is 0 Å². The Labute approximate surface area is 112 Å². The smallest absolute Gasteiger partial charge is 0.335 e. The second-order valence-electron chi connectivity index (χ2n) is 4.85. The minimum Gasteiger partial charge on any atom is -0.478 e. The lowest BCUT2D eigenvalue weighted by Gasteiger charge is -2.06. The molecular formula is C14H18N2O3. The average molecular weight is 262 g/mol. The number of hydrogen-bond acceptors (Lipinski definition) is 3. The highest BCUT2D eigenvalue weighted by molar-refractivity contribution is 5.87. The third-order valence-corrected chi connectivity index (χ3v) is 3.11. The summed E-state index contributed by atoms with van der Waals surface area (Å²) in [5.74, 6) is -0.223. The number of rotatable bonds is 7. The Bertz CT molecular complexity index is 452. The fourth-order valence-electron chi connectivity index (χ4n) is 1.74. The van der Waals surface area contributed by atoms with Gasteiger partial charge in [0, 0.05) is 6.54 Å². The van der Waals surface area contributed by atoms with Gasteiger partial charge in [-0.05, 0) is 43.0 Å². The molecule has 0 spiro atoms. The van der Waals surface area contributed by atoms with Crippen molar-refractivity contribution in [1.29, 1.82) is 0 Å². The van der Waals surface area contributed by atoms with Gasteiger partial charge in [0.25, 0.3) is 0 Å². The van der Waals surface area contributed by atoms with Crippen LogP contribution in [0.5, 0.6) is 0 Å². The van der Waals surface area contributed by atoms with Gasteiger partial charge in [0.1, 0.15) is 0 Å². The molecule has 2 rings (SSSR count). The second kappa shape index (κ2) is 6.33. The maximum Gasteiger partial charge on any atom is 0.335 e. The minimum atomic E-state index is -0.945. The van der Waals surface area contributed by atoms with E-state index >= 15 is 0 Å². The summed E-state index contributed by atoms with van der Waals surface area (Å²) >= 11 is 0. The van der Waals surface area contributed by atoms with Gasteiger partial charge in [-0.1, -0.05) is 12.1 Å². The lowest BCUT2D eigenvalue weighted by atomic mass is 10.1. The summed E-state index contributed by atoms with van der Waals surface area (Å²) < 4.78 is 0. The third-order valence-electron chi connectivity index (χ3n) is 3.11. The topological polar surface area (TPSA) is 78.4 Å². The molecule has 3 N–H and O–H groups in total. The van der Waals surface area contributed by atoms with E-state index < -0.39 is 5.97 Å². The predicted octanol–water partition coefficient (Wildman–Crippen LogP) is 1.00. The van der Waals surface area contributed by atoms with Crippen LogP contribution in [0.4, 0.5) is 0 Å². The first kappa shape index (κ1) is 13.5. The number of hydrogen-bond donors (Lipinski definition) is 3. The molecule has 102 valence electrons. The van der Waals surface area contributed by atoms with Crippen LogP contribution in [0.3, 0.4) is 0 Å². The van der Waals surface area contributed by atoms with E-state index in [0.717, 1.165) is 18.0 Å². The summed E-state index contributed by atoms with van der Waals surface area (Å²) in [6, 6.07) is 6.49. The predicted molar refractivity (Wildman–Crippen MR) is 70.8 cm³/mol. The SMILES string of the molecule is O=C(CNCC1CC1)NCc1ccc(C(=O)O)cc1. The number of carbonyl (C=O) groups excluding carboxylic acids is 1. The molecule has 0 aliphatic heterocycles. The summed E-state index contributed by atoms with van der Waals surface area (Å²) in [4.78, 5) is 22.2. The van der Waals surface area contributed by atoms with Gasteiger partial charge >= 0.3 is 5.97 Å². The zero-order chi connectivity index (χ0) is 13.7. The van der Waals surface area contributed by atoms with Gasteiger partial charge in [-0.2, -0.15) is 0 Å². The van der Waals surface area contributed by atoms with Gasteiger partial charge in [0.2, 0.25) is 5.91 Å². The number of carbonyl (C=O) groups is 2. The summed E-state index contributed by atoms with van der Waals surface area (Å²) in [5, 5.41) is 14.7. The third kappa shape index (κ3) is 4.71. The second-order valence-corrected chi connectivity index (χ2v) is 4.85. The average Bonchev–Trinajstić information content (AvgIpc) is 3.21. The van der Waals surface area contributed by atoms with Crippen LogP contribution in [0.1, 0.15) is 28.8 Å². The number of nitrogens with one attached hydrogen (secondary N) is 2. The molecular weight excluding hydrogens is 244 g/mol. The van der Waals surface area contributed by atoms with Crippen LogP contribution in [-0.2, 0) is 11.3 Å². The van der Waals surface area contributed by atoms with E-state index in [4.69, 9.17) is 5.11 Å². The lowest BCUT2D eigenvalue weighted by Crippen LogP contribution is -2.34. The van der Waals surface area contributed by atoms with Crippen molar-refractivity contribution in [1.82, 2.24) is 10.6 Å². The van der Waals surface area contributed by atoms with E-state index in [2.05, 4.69) is 10.6 Å². The Hall–Kier alpha value is -1.88. The molecule has 5 heteroatoms. The molecule has 19 heavy (non-hydrogen) atoms. The molecule has 0 saturated heterocycles. The monoisotopic (exact) mass is 262 g/mol. The van der Waals surface area contributed by atoms with Crippen molar-refractivity contribution in [3.8, 4) is 0 Å². The highest BCUT2D eigenvalue weighted by Gasteiger charge is 2.20. The van der Waals surface area contributed by atoms with Gasteiger partial charge in [-0.25, -0.2) is 4.79 Å². The van der Waals surface area contributed by atoms with Crippen LogP contribution in [0, 0.1) is 5.92 Å². The number of aromatic carboxylic acids is 1. The van der Waals surface area contributed by atoms with Crippen molar-refractivity contribution >= 4 is 11.9 Å². The van der Waals surface area contributed by atoms with Crippen LogP contribution in [0.15, 0.2) is 24.3 Å². The number of carboxylic acid groups (broad SMARTS) is 1. The molecule has 1 saturated carbocycles. The van der Waals surface area contributed by atoms with Gasteiger partial charge < -0.3 is 15.7 Å². The zero-order valence-electron chi connectivity index (χ0n) is 10.7. The molecule has 0 heterocycles. The first-order valence-electron chi connectivity index (χ1n) is 6.45. The standard InChI is InChI=1S/C14H18N2O3/c17-13(9-15-7-10-1-2-10)16-8-11-3-5-12(6-4-11)14(18)19/h3-6,10,15H,1-2,7-9H2,(H,16,17)(H,18,19). The first-order valence-corrected chi connectivity index (χ1v) is 6.45. The fraction of sp³-hybridized carbons (Fsp3) is 0.429. The van der Waals surface area contributed by atoms with E-state index in [0.29, 0.717) is 13.1 Å². The Balaban J connectivity index is 1.68. The van der Waals surface area contributed by atoms with E-state index in [1.165, 1.54) is 25.0 Å². The minimum absolute atomic E-state index is 0.0389. The lowest BCUT2D eigenvalue weighted by molar-refractivity contribution is -0.120. The van der Waals surface area contributed by atoms with Crippen molar-refractivity contribution in [2.75, 3.05) is 13.1 Å². The van der Waals surface area contributed by atoms with E-state index in [9.17, 15) is 9.59 Å². The normalized spacial score (nSPS) is 14.1. The van der Waals surface area contributed by atoms with Crippen LogP contribution in [-0.4, -0.2) is 30.1 Å². The highest BCUT2D eigenvalue weighted by Crippen LogP contribution is 2.27. The molecule has 1 aromatic carbocycles. The van der Waals surface area contributed by atoms with E-state index in [1.54, 1.807) is 12.1 Å². The van der Waals surface area contributed by atoms with Crippen molar-refractivity contribution in [2.45, 2.75) is 19.4 Å². The molecule has 1 aliphatic carbocycles. The quantitative estimate of drug-likeness (QED) is 0.685. The molecule has 0 bridgehead atoms. The maximum absolute atomic E-state index is 11.5. The molecule has 0 radical (unpaired) electrons. The van der Waals surface area contributed by atoms with Crippen LogP contribution in [0.2, 0.25) is 0 Å². The Morgan fingerprint density at radius 2 is 1.89 bits per heavy atom. The van der Waals surface area contributed by atoms with Gasteiger partial charge in [-0.15, -0.1) is 0 Å². The number of benzene rings is 1. The Kier molecular flexibility index (Phi) is 4.52. The Morgan fingerprint density at radius 3 is 2.47 bits per heavy atom. The molecule has 0 unspecified atom stereocenters. The van der Waals surface area contributed by atoms with Gasteiger partial charge in [0.15, 0.2) is 0 Å². The molecule has 1 aromatic rings. The van der Waals surface area contributed by atoms with Crippen molar-refractivity contribution < 1.29 is 14.7 Å². The molecule has 0 atom stereocenters. The summed E-state index contributed by atoms with van der Waals surface area (Å²) in [5.41, 5.74) is 1.14. The summed E-state index contributed by atoms with van der Waals surface area (Å²) in [6.07, 6.45) is 2.54. The van der Waals surface area contributed by atoms with Gasteiger partial charge in [-0.3, -0.25) is 4.79 Å². The zero-order valence-corrected chi connectivity index (χ0v) is 10.7. The summed E-state index contributed by atoms with van der Waals surface area (Å²) in [6.45, 7) is 1.67.